The van der Waals surface area contributed by atoms with Gasteiger partial charge in [-0.25, -0.2) is 9.78 Å². The number of benzene rings is 1. The first-order chi connectivity index (χ1) is 13.0. The van der Waals surface area contributed by atoms with E-state index in [4.69, 9.17) is 16.0 Å². The zero-order chi connectivity index (χ0) is 19.0. The van der Waals surface area contributed by atoms with Gasteiger partial charge in [0.25, 0.3) is 5.56 Å². The van der Waals surface area contributed by atoms with E-state index in [0.29, 0.717) is 27.1 Å². The molecule has 1 aromatic carbocycles. The summed E-state index contributed by atoms with van der Waals surface area (Å²) in [7, 11) is 0. The minimum Gasteiger partial charge on any atom is -0.423 e. The van der Waals surface area contributed by atoms with Gasteiger partial charge in [-0.15, -0.1) is 11.3 Å². The first-order valence-electron chi connectivity index (χ1n) is 8.34. The van der Waals surface area contributed by atoms with Crippen LogP contribution in [-0.2, 0) is 17.9 Å². The van der Waals surface area contributed by atoms with E-state index >= 15 is 0 Å². The summed E-state index contributed by atoms with van der Waals surface area (Å²) in [6.45, 7) is 2.00. The molecule has 4 rings (SSSR count). The SMILES string of the molecule is CCc1cc2oc(=O)cc(CSCc3cc(=O)n4ccsc4n3)c2cc1Cl. The summed E-state index contributed by atoms with van der Waals surface area (Å²) in [4.78, 5) is 29.2. The molecule has 0 aliphatic rings. The maximum absolute atomic E-state index is 12.1. The Morgan fingerprint density at radius 3 is 2.85 bits per heavy atom. The molecule has 0 fully saturated rings. The Kier molecular flexibility index (Phi) is 5.08. The Labute approximate surface area is 167 Å². The lowest BCUT2D eigenvalue weighted by Gasteiger charge is -2.08. The van der Waals surface area contributed by atoms with E-state index in [1.165, 1.54) is 21.8 Å². The highest BCUT2D eigenvalue weighted by Gasteiger charge is 2.10. The highest BCUT2D eigenvalue weighted by molar-refractivity contribution is 7.97. The quantitative estimate of drug-likeness (QED) is 0.446. The topological polar surface area (TPSA) is 64.6 Å². The molecule has 0 amide bonds. The number of halogens is 1. The number of nitrogens with zero attached hydrogens (tertiary/aromatic N) is 2. The second kappa shape index (κ2) is 7.50. The molecule has 8 heteroatoms. The Morgan fingerprint density at radius 2 is 2.04 bits per heavy atom. The molecule has 0 radical (unpaired) electrons. The van der Waals surface area contributed by atoms with Crippen LogP contribution in [0.4, 0.5) is 0 Å². The van der Waals surface area contributed by atoms with E-state index in [1.807, 2.05) is 24.4 Å². The Bertz CT molecular complexity index is 1260. The van der Waals surface area contributed by atoms with Crippen molar-refractivity contribution in [1.82, 2.24) is 9.38 Å². The zero-order valence-corrected chi connectivity index (χ0v) is 16.8. The summed E-state index contributed by atoms with van der Waals surface area (Å²) in [5, 5.41) is 3.35. The molecule has 5 nitrogen and oxygen atoms in total. The van der Waals surface area contributed by atoms with Crippen LogP contribution in [0.5, 0.6) is 0 Å². The van der Waals surface area contributed by atoms with Crippen LogP contribution in [0, 0.1) is 0 Å². The third-order valence-corrected chi connectivity index (χ3v) is 6.37. The van der Waals surface area contributed by atoms with Gasteiger partial charge in [0.2, 0.25) is 0 Å². The molecule has 0 N–H and O–H groups in total. The first kappa shape index (κ1) is 18.3. The summed E-state index contributed by atoms with van der Waals surface area (Å²) >= 11 is 9.35. The Morgan fingerprint density at radius 1 is 1.19 bits per heavy atom. The fraction of sp³-hybridized carbons (Fsp3) is 0.211. The van der Waals surface area contributed by atoms with E-state index in [2.05, 4.69) is 4.98 Å². The molecule has 0 saturated carbocycles. The number of aryl methyl sites for hydroxylation is 1. The van der Waals surface area contributed by atoms with Crippen molar-refractivity contribution in [2.24, 2.45) is 0 Å². The van der Waals surface area contributed by atoms with Crippen molar-refractivity contribution in [1.29, 1.82) is 0 Å². The minimum absolute atomic E-state index is 0.0819. The summed E-state index contributed by atoms with van der Waals surface area (Å²) in [5.74, 6) is 1.17. The third kappa shape index (κ3) is 3.67. The molecule has 0 unspecified atom stereocenters. The number of fused-ring (bicyclic) bond motifs is 2. The number of thiazole rings is 1. The van der Waals surface area contributed by atoms with E-state index in [0.717, 1.165) is 28.6 Å². The number of thioether (sulfide) groups is 1. The lowest BCUT2D eigenvalue weighted by atomic mass is 10.1. The fourth-order valence-electron chi connectivity index (χ4n) is 2.91. The van der Waals surface area contributed by atoms with Gasteiger partial charge < -0.3 is 4.42 Å². The average Bonchev–Trinajstić information content (AvgIpc) is 3.11. The number of rotatable bonds is 5. The van der Waals surface area contributed by atoms with Crippen molar-refractivity contribution in [3.63, 3.8) is 0 Å². The molecule has 4 aromatic rings. The van der Waals surface area contributed by atoms with Gasteiger partial charge in [0.15, 0.2) is 4.96 Å². The molecule has 138 valence electrons. The number of hydrogen-bond acceptors (Lipinski definition) is 6. The van der Waals surface area contributed by atoms with Gasteiger partial charge in [-0.05, 0) is 29.7 Å². The highest BCUT2D eigenvalue weighted by atomic mass is 35.5. The molecule has 0 bridgehead atoms. The highest BCUT2D eigenvalue weighted by Crippen LogP contribution is 2.28. The monoisotopic (exact) mass is 418 g/mol. The van der Waals surface area contributed by atoms with Crippen LogP contribution < -0.4 is 11.2 Å². The van der Waals surface area contributed by atoms with E-state index in [1.54, 1.807) is 24.0 Å². The van der Waals surface area contributed by atoms with E-state index in [-0.39, 0.29) is 11.2 Å². The zero-order valence-electron chi connectivity index (χ0n) is 14.4. The standard InChI is InChI=1S/C19H15ClN2O3S2/c1-2-11-5-16-14(8-15(11)20)12(6-18(24)25-16)9-26-10-13-7-17(23)22-3-4-27-19(22)21-13/h3-8H,2,9-10H2,1H3. The van der Waals surface area contributed by atoms with E-state index < -0.39 is 0 Å². The Hall–Kier alpha value is -2.09. The number of aromatic nitrogens is 2. The summed E-state index contributed by atoms with van der Waals surface area (Å²) in [6.07, 6.45) is 2.49. The van der Waals surface area contributed by atoms with Crippen LogP contribution in [-0.4, -0.2) is 9.38 Å². The molecular formula is C19H15ClN2O3S2. The molecule has 0 saturated heterocycles. The minimum atomic E-state index is -0.376. The lowest BCUT2D eigenvalue weighted by molar-refractivity contribution is 0.559. The molecule has 0 atom stereocenters. The van der Waals surface area contributed by atoms with Crippen LogP contribution in [0.15, 0.2) is 49.8 Å². The summed E-state index contributed by atoms with van der Waals surface area (Å²) in [5.41, 5.74) is 2.64. The largest absolute Gasteiger partial charge is 0.423 e. The molecular weight excluding hydrogens is 404 g/mol. The van der Waals surface area contributed by atoms with Gasteiger partial charge in [-0.3, -0.25) is 9.20 Å². The van der Waals surface area contributed by atoms with Gasteiger partial charge in [0.05, 0.1) is 5.69 Å². The summed E-state index contributed by atoms with van der Waals surface area (Å²) in [6, 6.07) is 6.74. The normalized spacial score (nSPS) is 11.5. The van der Waals surface area contributed by atoms with E-state index in [9.17, 15) is 9.59 Å². The van der Waals surface area contributed by atoms with Crippen LogP contribution in [0.25, 0.3) is 15.9 Å². The van der Waals surface area contributed by atoms with Crippen LogP contribution in [0.2, 0.25) is 5.02 Å². The van der Waals surface area contributed by atoms with Crippen molar-refractivity contribution < 1.29 is 4.42 Å². The van der Waals surface area contributed by atoms with Crippen molar-refractivity contribution in [3.8, 4) is 0 Å². The average molecular weight is 419 g/mol. The van der Waals surface area contributed by atoms with Gasteiger partial charge in [-0.1, -0.05) is 18.5 Å². The predicted molar refractivity (Wildman–Crippen MR) is 111 cm³/mol. The fourth-order valence-corrected chi connectivity index (χ4v) is 4.86. The smallest absolute Gasteiger partial charge is 0.336 e. The number of hydrogen-bond donors (Lipinski definition) is 0. The van der Waals surface area contributed by atoms with Crippen LogP contribution in [0.3, 0.4) is 0 Å². The van der Waals surface area contributed by atoms with Gasteiger partial charge >= 0.3 is 5.63 Å². The molecule has 0 spiro atoms. The van der Waals surface area contributed by atoms with Crippen molar-refractivity contribution in [3.05, 3.63) is 78.5 Å². The molecule has 0 aliphatic heterocycles. The van der Waals surface area contributed by atoms with Gasteiger partial charge in [0, 0.05) is 45.6 Å². The summed E-state index contributed by atoms with van der Waals surface area (Å²) < 4.78 is 6.87. The predicted octanol–water partition coefficient (Wildman–Crippen LogP) is 4.51. The third-order valence-electron chi connectivity index (χ3n) is 4.24. The van der Waals surface area contributed by atoms with Crippen molar-refractivity contribution >= 4 is 50.6 Å². The van der Waals surface area contributed by atoms with Gasteiger partial charge in [-0.2, -0.15) is 11.8 Å². The van der Waals surface area contributed by atoms with Crippen molar-refractivity contribution in [2.75, 3.05) is 0 Å². The van der Waals surface area contributed by atoms with Gasteiger partial charge in [0.1, 0.15) is 5.58 Å². The van der Waals surface area contributed by atoms with Crippen LogP contribution >= 0.6 is 34.7 Å². The van der Waals surface area contributed by atoms with Crippen molar-refractivity contribution in [2.45, 2.75) is 24.9 Å². The van der Waals surface area contributed by atoms with Crippen LogP contribution in [0.1, 0.15) is 23.7 Å². The molecule has 0 aliphatic carbocycles. The Balaban J connectivity index is 1.60. The maximum Gasteiger partial charge on any atom is 0.336 e. The first-order valence-corrected chi connectivity index (χ1v) is 10.7. The second-order valence-corrected chi connectivity index (χ2v) is 8.28. The molecule has 3 aromatic heterocycles. The molecule has 3 heterocycles. The lowest BCUT2D eigenvalue weighted by Crippen LogP contribution is -2.12. The second-order valence-electron chi connectivity index (χ2n) is 6.02. The molecule has 27 heavy (non-hydrogen) atoms. The maximum atomic E-state index is 12.1.